The van der Waals surface area contributed by atoms with Crippen molar-refractivity contribution in [3.63, 3.8) is 0 Å². The molecule has 1 aromatic heterocycles. The van der Waals surface area contributed by atoms with Gasteiger partial charge in [0.05, 0.1) is 5.56 Å². The molecule has 0 saturated heterocycles. The zero-order chi connectivity index (χ0) is 10.4. The molecule has 3 N–H and O–H groups in total. The number of furan rings is 1. The third-order valence-corrected chi connectivity index (χ3v) is 2.16. The smallest absolute Gasteiger partial charge is 0.254 e. The fourth-order valence-corrected chi connectivity index (χ4v) is 1.34. The molecular weight excluding hydrogens is 283 g/mol. The lowest BCUT2D eigenvalue weighted by Gasteiger charge is -2.01. The van der Waals surface area contributed by atoms with Gasteiger partial charge in [0.1, 0.15) is 6.26 Å². The summed E-state index contributed by atoms with van der Waals surface area (Å²) in [5.74, 6) is -0.114. The molecule has 0 saturated carbocycles. The van der Waals surface area contributed by atoms with E-state index in [9.17, 15) is 4.79 Å². The molecule has 0 unspecified atom stereocenters. The van der Waals surface area contributed by atoms with Crippen LogP contribution in [0.15, 0.2) is 21.4 Å². The van der Waals surface area contributed by atoms with Crippen molar-refractivity contribution in [2.75, 3.05) is 13.1 Å². The van der Waals surface area contributed by atoms with Crippen molar-refractivity contribution in [2.24, 2.45) is 5.73 Å². The lowest BCUT2D eigenvalue weighted by molar-refractivity contribution is 0.0952. The summed E-state index contributed by atoms with van der Waals surface area (Å²) in [4.78, 5) is 11.4. The van der Waals surface area contributed by atoms with Gasteiger partial charge in [0.2, 0.25) is 0 Å². The molecular formula is C9H14BrClN2O2. The van der Waals surface area contributed by atoms with Crippen LogP contribution in [0.3, 0.4) is 0 Å². The van der Waals surface area contributed by atoms with E-state index in [2.05, 4.69) is 21.2 Å². The fraction of sp³-hybridized carbons (Fsp3) is 0.444. The number of rotatable bonds is 5. The van der Waals surface area contributed by atoms with Crippen LogP contribution in [0.4, 0.5) is 0 Å². The maximum atomic E-state index is 11.4. The van der Waals surface area contributed by atoms with Gasteiger partial charge in [-0.15, -0.1) is 12.4 Å². The molecule has 4 nitrogen and oxygen atoms in total. The third-order valence-electron chi connectivity index (χ3n) is 1.75. The van der Waals surface area contributed by atoms with Gasteiger partial charge in [0.15, 0.2) is 4.67 Å². The second-order valence-electron chi connectivity index (χ2n) is 2.89. The first kappa shape index (κ1) is 14.5. The fourth-order valence-electron chi connectivity index (χ4n) is 1.00. The van der Waals surface area contributed by atoms with E-state index < -0.39 is 0 Å². The van der Waals surface area contributed by atoms with Crippen molar-refractivity contribution in [2.45, 2.75) is 12.8 Å². The van der Waals surface area contributed by atoms with Gasteiger partial charge in [0, 0.05) is 12.6 Å². The van der Waals surface area contributed by atoms with Crippen molar-refractivity contribution >= 4 is 34.2 Å². The summed E-state index contributed by atoms with van der Waals surface area (Å²) in [6, 6.07) is 1.64. The minimum atomic E-state index is -0.114. The summed E-state index contributed by atoms with van der Waals surface area (Å²) in [5.41, 5.74) is 5.86. The topological polar surface area (TPSA) is 68.3 Å². The molecule has 15 heavy (non-hydrogen) atoms. The maximum Gasteiger partial charge on any atom is 0.254 e. The van der Waals surface area contributed by atoms with Gasteiger partial charge in [-0.25, -0.2) is 0 Å². The minimum absolute atomic E-state index is 0. The van der Waals surface area contributed by atoms with Crippen LogP contribution < -0.4 is 11.1 Å². The van der Waals surface area contributed by atoms with Crippen LogP contribution in [-0.4, -0.2) is 19.0 Å². The monoisotopic (exact) mass is 296 g/mol. The predicted octanol–water partition coefficient (Wildman–Crippen LogP) is 1.93. The Bertz CT molecular complexity index is 304. The number of nitrogens with one attached hydrogen (secondary N) is 1. The van der Waals surface area contributed by atoms with E-state index in [-0.39, 0.29) is 18.3 Å². The molecule has 0 atom stereocenters. The highest BCUT2D eigenvalue weighted by Gasteiger charge is 2.07. The van der Waals surface area contributed by atoms with Crippen molar-refractivity contribution < 1.29 is 9.21 Å². The van der Waals surface area contributed by atoms with Crippen LogP contribution in [0.2, 0.25) is 0 Å². The van der Waals surface area contributed by atoms with E-state index in [0.717, 1.165) is 12.8 Å². The van der Waals surface area contributed by atoms with E-state index in [1.54, 1.807) is 6.07 Å². The second kappa shape index (κ2) is 7.73. The summed E-state index contributed by atoms with van der Waals surface area (Å²) in [5, 5.41) is 2.77. The van der Waals surface area contributed by atoms with Crippen LogP contribution in [0.5, 0.6) is 0 Å². The van der Waals surface area contributed by atoms with E-state index in [1.807, 2.05) is 0 Å². The molecule has 0 aromatic carbocycles. The number of carbonyl (C=O) groups excluding carboxylic acids is 1. The molecule has 0 fully saturated rings. The quantitative estimate of drug-likeness (QED) is 0.816. The molecule has 0 aliphatic heterocycles. The van der Waals surface area contributed by atoms with Gasteiger partial charge in [-0.2, -0.15) is 0 Å². The Morgan fingerprint density at radius 3 is 2.80 bits per heavy atom. The van der Waals surface area contributed by atoms with E-state index in [4.69, 9.17) is 10.2 Å². The van der Waals surface area contributed by atoms with Gasteiger partial charge in [-0.1, -0.05) is 0 Å². The standard InChI is InChI=1S/C9H13BrN2O2.ClH/c10-8-5-7(6-14-8)9(13)12-4-2-1-3-11;/h5-6H,1-4,11H2,(H,12,13);1H. The number of amides is 1. The number of hydrogen-bond donors (Lipinski definition) is 2. The van der Waals surface area contributed by atoms with E-state index >= 15 is 0 Å². The lowest BCUT2D eigenvalue weighted by atomic mass is 10.3. The van der Waals surface area contributed by atoms with Crippen LogP contribution in [0.25, 0.3) is 0 Å². The first-order valence-electron chi connectivity index (χ1n) is 4.46. The Balaban J connectivity index is 0.00000196. The molecule has 1 rings (SSSR count). The zero-order valence-corrected chi connectivity index (χ0v) is 10.6. The molecule has 1 amide bonds. The van der Waals surface area contributed by atoms with Crippen LogP contribution in [-0.2, 0) is 0 Å². The maximum absolute atomic E-state index is 11.4. The van der Waals surface area contributed by atoms with Gasteiger partial charge in [-0.05, 0) is 35.3 Å². The average molecular weight is 298 g/mol. The SMILES string of the molecule is Cl.NCCCCNC(=O)c1coc(Br)c1. The number of nitrogens with two attached hydrogens (primary N) is 1. The van der Waals surface area contributed by atoms with Crippen molar-refractivity contribution in [1.82, 2.24) is 5.32 Å². The zero-order valence-electron chi connectivity index (χ0n) is 8.16. The highest BCUT2D eigenvalue weighted by molar-refractivity contribution is 9.10. The predicted molar refractivity (Wildman–Crippen MR) is 64.3 cm³/mol. The molecule has 0 bridgehead atoms. The van der Waals surface area contributed by atoms with Gasteiger partial charge in [-0.3, -0.25) is 4.79 Å². The number of unbranched alkanes of at least 4 members (excludes halogenated alkanes) is 1. The molecule has 1 aromatic rings. The Kier molecular flexibility index (Phi) is 7.46. The van der Waals surface area contributed by atoms with Crippen LogP contribution in [0.1, 0.15) is 23.2 Å². The Morgan fingerprint density at radius 2 is 2.27 bits per heavy atom. The molecule has 0 radical (unpaired) electrons. The minimum Gasteiger partial charge on any atom is -0.457 e. The Labute approximate surface area is 103 Å². The van der Waals surface area contributed by atoms with E-state index in [1.165, 1.54) is 6.26 Å². The Hall–Kier alpha value is -0.520. The van der Waals surface area contributed by atoms with Crippen molar-refractivity contribution in [1.29, 1.82) is 0 Å². The van der Waals surface area contributed by atoms with Crippen molar-refractivity contribution in [3.8, 4) is 0 Å². The number of hydrogen-bond acceptors (Lipinski definition) is 3. The highest BCUT2D eigenvalue weighted by Crippen LogP contribution is 2.13. The summed E-state index contributed by atoms with van der Waals surface area (Å²) < 4.78 is 5.51. The molecule has 6 heteroatoms. The van der Waals surface area contributed by atoms with Gasteiger partial charge in [0.25, 0.3) is 5.91 Å². The largest absolute Gasteiger partial charge is 0.457 e. The van der Waals surface area contributed by atoms with Gasteiger partial charge < -0.3 is 15.5 Å². The Morgan fingerprint density at radius 1 is 1.53 bits per heavy atom. The van der Waals surface area contributed by atoms with Crippen LogP contribution >= 0.6 is 28.3 Å². The highest BCUT2D eigenvalue weighted by atomic mass is 79.9. The van der Waals surface area contributed by atoms with Crippen LogP contribution in [0, 0.1) is 0 Å². The summed E-state index contributed by atoms with van der Waals surface area (Å²) in [7, 11) is 0. The third kappa shape index (κ3) is 5.20. The number of halogens is 2. The molecule has 0 aliphatic carbocycles. The summed E-state index contributed by atoms with van der Waals surface area (Å²) >= 11 is 3.13. The molecule has 86 valence electrons. The summed E-state index contributed by atoms with van der Waals surface area (Å²) in [6.07, 6.45) is 3.25. The first-order chi connectivity index (χ1) is 6.74. The second-order valence-corrected chi connectivity index (χ2v) is 3.67. The molecule has 0 spiro atoms. The normalized spacial score (nSPS) is 9.47. The van der Waals surface area contributed by atoms with Gasteiger partial charge >= 0.3 is 0 Å². The van der Waals surface area contributed by atoms with E-state index in [0.29, 0.717) is 23.3 Å². The van der Waals surface area contributed by atoms with Crippen molar-refractivity contribution in [3.05, 3.63) is 22.6 Å². The molecule has 0 aliphatic rings. The average Bonchev–Trinajstić information content (AvgIpc) is 2.59. The summed E-state index contributed by atoms with van der Waals surface area (Å²) in [6.45, 7) is 1.31. The first-order valence-corrected chi connectivity index (χ1v) is 5.25. The molecule has 1 heterocycles. The number of carbonyl (C=O) groups is 1. The lowest BCUT2D eigenvalue weighted by Crippen LogP contribution is -2.24.